The fraction of sp³-hybridized carbons (Fsp3) is 0.308. The highest BCUT2D eigenvalue weighted by atomic mass is 35.5. The highest BCUT2D eigenvalue weighted by Crippen LogP contribution is 2.29. The summed E-state index contributed by atoms with van der Waals surface area (Å²) in [7, 11) is 0. The molecule has 20 heavy (non-hydrogen) atoms. The molecule has 0 bridgehead atoms. The number of hydrogen-bond acceptors (Lipinski definition) is 6. The van der Waals surface area contributed by atoms with E-state index < -0.39 is 0 Å². The number of nitrogens with two attached hydrogens (primary N) is 1. The Morgan fingerprint density at radius 1 is 1.15 bits per heavy atom. The predicted octanol–water partition coefficient (Wildman–Crippen LogP) is 3.00. The Hall–Kier alpha value is -2.08. The number of hydrogen-bond donors (Lipinski definition) is 1. The second-order valence-electron chi connectivity index (χ2n) is 4.46. The van der Waals surface area contributed by atoms with E-state index in [1.165, 1.54) is 0 Å². The lowest BCUT2D eigenvalue weighted by molar-refractivity contribution is 0.219. The minimum Gasteiger partial charge on any atom is -0.461 e. The quantitative estimate of drug-likeness (QED) is 0.933. The van der Waals surface area contributed by atoms with Crippen molar-refractivity contribution in [3.8, 4) is 17.8 Å². The average molecular weight is 295 g/mol. The normalized spacial score (nSPS) is 10.7. The second kappa shape index (κ2) is 5.92. The average Bonchev–Trinajstić information content (AvgIpc) is 2.32. The van der Waals surface area contributed by atoms with Crippen LogP contribution in [-0.4, -0.2) is 21.1 Å². The van der Waals surface area contributed by atoms with Crippen molar-refractivity contribution < 1.29 is 9.47 Å². The Morgan fingerprint density at radius 3 is 2.55 bits per heavy atom. The molecule has 1 heterocycles. The maximum absolute atomic E-state index is 6.05. The van der Waals surface area contributed by atoms with Crippen molar-refractivity contribution >= 4 is 17.5 Å². The van der Waals surface area contributed by atoms with Crippen molar-refractivity contribution in [3.63, 3.8) is 0 Å². The smallest absolute Gasteiger partial charge is 0.330 e. The molecule has 0 spiro atoms. The molecule has 106 valence electrons. The van der Waals surface area contributed by atoms with E-state index in [1.54, 1.807) is 12.1 Å². The first kappa shape index (κ1) is 14.3. The molecule has 0 atom stereocenters. The van der Waals surface area contributed by atoms with Gasteiger partial charge in [0.15, 0.2) is 0 Å². The topological polar surface area (TPSA) is 83.2 Å². The zero-order valence-corrected chi connectivity index (χ0v) is 12.2. The van der Waals surface area contributed by atoms with Crippen molar-refractivity contribution in [2.24, 2.45) is 0 Å². The summed E-state index contributed by atoms with van der Waals surface area (Å²) in [6, 6.07) is 5.56. The zero-order valence-electron chi connectivity index (χ0n) is 11.4. The number of benzene rings is 1. The van der Waals surface area contributed by atoms with Crippen LogP contribution in [0.3, 0.4) is 0 Å². The molecule has 2 N–H and O–H groups in total. The molecule has 1 aromatic heterocycles. The second-order valence-corrected chi connectivity index (χ2v) is 4.87. The Balaban J connectivity index is 2.28. The number of nitrogens with zero attached hydrogens (tertiary/aromatic N) is 3. The molecule has 0 aliphatic heterocycles. The van der Waals surface area contributed by atoms with Crippen molar-refractivity contribution in [3.05, 3.63) is 28.8 Å². The van der Waals surface area contributed by atoms with Gasteiger partial charge in [-0.15, -0.1) is 4.98 Å². The molecule has 0 saturated carbocycles. The number of aromatic nitrogens is 3. The van der Waals surface area contributed by atoms with Crippen LogP contribution in [0.15, 0.2) is 18.2 Å². The van der Waals surface area contributed by atoms with Gasteiger partial charge in [-0.05, 0) is 38.5 Å². The zero-order chi connectivity index (χ0) is 14.7. The van der Waals surface area contributed by atoms with Gasteiger partial charge in [0.2, 0.25) is 5.95 Å². The lowest BCUT2D eigenvalue weighted by atomic mass is 10.2. The third-order valence-corrected chi connectivity index (χ3v) is 2.55. The van der Waals surface area contributed by atoms with E-state index in [-0.39, 0.29) is 24.1 Å². The molecule has 0 saturated heterocycles. The van der Waals surface area contributed by atoms with Gasteiger partial charge in [0.05, 0.1) is 11.1 Å². The van der Waals surface area contributed by atoms with E-state index in [4.69, 9.17) is 26.8 Å². The number of anilines is 1. The molecular formula is C13H15ClN4O2. The minimum absolute atomic E-state index is 0.0226. The SMILES string of the molecule is Cc1ccc(Cl)c(Oc2nc(N)nc(OC(C)C)n2)c1. The van der Waals surface area contributed by atoms with E-state index in [1.807, 2.05) is 26.8 Å². The molecule has 1 aromatic carbocycles. The van der Waals surface area contributed by atoms with Gasteiger partial charge in [0, 0.05) is 0 Å². The Kier molecular flexibility index (Phi) is 4.24. The maximum Gasteiger partial charge on any atom is 0.330 e. The van der Waals surface area contributed by atoms with Crippen molar-refractivity contribution in [1.82, 2.24) is 15.0 Å². The van der Waals surface area contributed by atoms with Crippen LogP contribution in [0, 0.1) is 6.92 Å². The molecule has 2 rings (SSSR count). The van der Waals surface area contributed by atoms with Crippen LogP contribution in [-0.2, 0) is 0 Å². The Morgan fingerprint density at radius 2 is 1.85 bits per heavy atom. The molecule has 0 aliphatic rings. The molecule has 0 radical (unpaired) electrons. The fourth-order valence-corrected chi connectivity index (χ4v) is 1.61. The summed E-state index contributed by atoms with van der Waals surface area (Å²) in [4.78, 5) is 11.8. The van der Waals surface area contributed by atoms with E-state index in [0.29, 0.717) is 10.8 Å². The van der Waals surface area contributed by atoms with E-state index in [9.17, 15) is 0 Å². The van der Waals surface area contributed by atoms with Crippen LogP contribution in [0.4, 0.5) is 5.95 Å². The number of rotatable bonds is 4. The van der Waals surface area contributed by atoms with Crippen LogP contribution in [0.1, 0.15) is 19.4 Å². The van der Waals surface area contributed by atoms with Crippen molar-refractivity contribution in [2.45, 2.75) is 26.9 Å². The molecule has 0 aliphatic carbocycles. The van der Waals surface area contributed by atoms with Gasteiger partial charge in [0.25, 0.3) is 0 Å². The third-order valence-electron chi connectivity index (χ3n) is 2.24. The monoisotopic (exact) mass is 294 g/mol. The molecule has 7 heteroatoms. The van der Waals surface area contributed by atoms with Gasteiger partial charge < -0.3 is 15.2 Å². The van der Waals surface area contributed by atoms with E-state index in [0.717, 1.165) is 5.56 Å². The highest BCUT2D eigenvalue weighted by Gasteiger charge is 2.11. The summed E-state index contributed by atoms with van der Waals surface area (Å²) in [5, 5.41) is 0.459. The molecule has 0 amide bonds. The van der Waals surface area contributed by atoms with Gasteiger partial charge in [-0.1, -0.05) is 17.7 Å². The first-order valence-corrected chi connectivity index (χ1v) is 6.44. The summed E-state index contributed by atoms with van der Waals surface area (Å²) in [6.45, 7) is 5.65. The molecular weight excluding hydrogens is 280 g/mol. The lowest BCUT2D eigenvalue weighted by Gasteiger charge is -2.10. The summed E-state index contributed by atoms with van der Waals surface area (Å²) >= 11 is 6.05. The van der Waals surface area contributed by atoms with Gasteiger partial charge in [0.1, 0.15) is 5.75 Å². The Bertz CT molecular complexity index is 619. The first-order chi connectivity index (χ1) is 9.44. The third kappa shape index (κ3) is 3.71. The number of ether oxygens (including phenoxy) is 2. The summed E-state index contributed by atoms with van der Waals surface area (Å²) in [5.41, 5.74) is 6.61. The van der Waals surface area contributed by atoms with Crippen LogP contribution in [0.25, 0.3) is 0 Å². The summed E-state index contributed by atoms with van der Waals surface area (Å²) in [6.07, 6.45) is -0.0767. The molecule has 0 fully saturated rings. The van der Waals surface area contributed by atoms with E-state index in [2.05, 4.69) is 15.0 Å². The number of halogens is 1. The standard InChI is InChI=1S/C13H15ClN4O2/c1-7(2)19-12-16-11(15)17-13(18-12)20-10-6-8(3)4-5-9(10)14/h4-7H,1-3H3,(H2,15,16,17,18). The largest absolute Gasteiger partial charge is 0.461 e. The van der Waals surface area contributed by atoms with E-state index >= 15 is 0 Å². The molecule has 0 unspecified atom stereocenters. The van der Waals surface area contributed by atoms with Crippen LogP contribution in [0.2, 0.25) is 5.02 Å². The first-order valence-electron chi connectivity index (χ1n) is 6.06. The maximum atomic E-state index is 6.05. The van der Waals surface area contributed by atoms with Crippen molar-refractivity contribution in [2.75, 3.05) is 5.73 Å². The fourth-order valence-electron chi connectivity index (χ4n) is 1.45. The summed E-state index contributed by atoms with van der Waals surface area (Å²) in [5.74, 6) is 0.474. The summed E-state index contributed by atoms with van der Waals surface area (Å²) < 4.78 is 10.9. The number of aryl methyl sites for hydroxylation is 1. The Labute approximate surface area is 121 Å². The van der Waals surface area contributed by atoms with Gasteiger partial charge >= 0.3 is 12.0 Å². The van der Waals surface area contributed by atoms with Crippen LogP contribution < -0.4 is 15.2 Å². The lowest BCUT2D eigenvalue weighted by Crippen LogP contribution is -2.11. The molecule has 2 aromatic rings. The van der Waals surface area contributed by atoms with Crippen LogP contribution in [0.5, 0.6) is 17.8 Å². The van der Waals surface area contributed by atoms with Gasteiger partial charge in [-0.2, -0.15) is 9.97 Å². The minimum atomic E-state index is -0.0767. The van der Waals surface area contributed by atoms with Gasteiger partial charge in [-0.3, -0.25) is 0 Å². The number of nitrogen functional groups attached to an aromatic ring is 1. The predicted molar refractivity (Wildman–Crippen MR) is 76.3 cm³/mol. The molecule has 6 nitrogen and oxygen atoms in total. The van der Waals surface area contributed by atoms with Crippen LogP contribution >= 0.6 is 11.6 Å². The van der Waals surface area contributed by atoms with Crippen molar-refractivity contribution in [1.29, 1.82) is 0 Å². The van der Waals surface area contributed by atoms with Gasteiger partial charge in [-0.25, -0.2) is 0 Å². The highest BCUT2D eigenvalue weighted by molar-refractivity contribution is 6.32.